The average Bonchev–Trinajstić information content (AvgIpc) is 3.34. The van der Waals surface area contributed by atoms with Crippen molar-refractivity contribution < 1.29 is 53.8 Å². The van der Waals surface area contributed by atoms with Crippen LogP contribution in [0.15, 0.2) is 24.7 Å². The first-order valence-electron chi connectivity index (χ1n) is 12.1. The Labute approximate surface area is 237 Å². The van der Waals surface area contributed by atoms with Crippen LogP contribution in [0.5, 0.6) is 11.6 Å². The molecule has 3 aromatic heterocycles. The van der Waals surface area contributed by atoms with Crippen molar-refractivity contribution >= 4 is 11.7 Å². The summed E-state index contributed by atoms with van der Waals surface area (Å²) in [5.74, 6) is -0.243. The third-order valence-corrected chi connectivity index (χ3v) is 6.07. The molecule has 1 unspecified atom stereocenters. The van der Waals surface area contributed by atoms with Crippen LogP contribution in [0, 0.1) is 11.3 Å². The third-order valence-electron chi connectivity index (χ3n) is 6.07. The highest BCUT2D eigenvalue weighted by Gasteiger charge is 2.49. The normalized spacial score (nSPS) is 13.7. The van der Waals surface area contributed by atoms with Crippen LogP contribution in [0.2, 0.25) is 0 Å². The molecule has 19 heteroatoms. The van der Waals surface area contributed by atoms with E-state index in [9.17, 15) is 49.6 Å². The number of methoxy groups -OCH3 is 2. The van der Waals surface area contributed by atoms with Crippen LogP contribution < -0.4 is 14.8 Å². The maximum Gasteiger partial charge on any atom is 0.414 e. The molecule has 3 rings (SSSR count). The second kappa shape index (κ2) is 12.4. The summed E-state index contributed by atoms with van der Waals surface area (Å²) >= 11 is 0. The molecule has 0 spiro atoms. The van der Waals surface area contributed by atoms with Crippen LogP contribution in [-0.4, -0.2) is 75.6 Å². The van der Waals surface area contributed by atoms with Crippen molar-refractivity contribution in [2.45, 2.75) is 50.4 Å². The van der Waals surface area contributed by atoms with Crippen molar-refractivity contribution in [3.63, 3.8) is 0 Å². The molecule has 0 fully saturated rings. The number of nitrogens with one attached hydrogen (secondary N) is 1. The molecule has 0 aliphatic heterocycles. The van der Waals surface area contributed by atoms with Gasteiger partial charge in [-0.1, -0.05) is 0 Å². The van der Waals surface area contributed by atoms with Gasteiger partial charge < -0.3 is 19.7 Å². The van der Waals surface area contributed by atoms with E-state index in [4.69, 9.17) is 9.47 Å². The first-order valence-corrected chi connectivity index (χ1v) is 12.1. The highest BCUT2D eigenvalue weighted by Crippen LogP contribution is 2.40. The Bertz CT molecular complexity index is 1500. The minimum Gasteiger partial charge on any atom is -0.494 e. The van der Waals surface area contributed by atoms with Crippen molar-refractivity contribution in [2.24, 2.45) is 0 Å². The van der Waals surface area contributed by atoms with E-state index in [1.165, 1.54) is 36.3 Å². The number of fused-ring (bicyclic) bond motifs is 1. The summed E-state index contributed by atoms with van der Waals surface area (Å²) in [6, 6.07) is -5.27. The van der Waals surface area contributed by atoms with Gasteiger partial charge in [-0.3, -0.25) is 9.38 Å². The number of hydrogen-bond acceptors (Lipinski definition) is 7. The highest BCUT2D eigenvalue weighted by atomic mass is 19.4. The fraction of sp³-hybridized carbons (Fsp3) is 0.458. The maximum atomic E-state index is 14.4. The van der Waals surface area contributed by atoms with Crippen molar-refractivity contribution in [3.05, 3.63) is 36.0 Å². The number of pyridine rings is 1. The lowest BCUT2D eigenvalue weighted by Gasteiger charge is -2.34. The summed E-state index contributed by atoms with van der Waals surface area (Å²) in [5.41, 5.74) is -1.02. The molecule has 0 saturated carbocycles. The second-order valence-electron chi connectivity index (χ2n) is 8.82. The Hall–Kier alpha value is -4.50. The molecular formula is C24H22F9N7O3. The zero-order valence-electron chi connectivity index (χ0n) is 22.4. The average molecular weight is 627 g/mol. The standard InChI is InChI=1S/C24H22F9N7O3/c1-4-39(21(41)38-17(23(28,29)30)5-6-22(25,26)27)18(24(31,32)33)14-7-13(16(42-2)10-35-14)15-11-40-12(8-34)9-36-19(40)20(37-15)43-3/h7,9-11,17-18H,4-6H2,1-3H3,(H,38,41)/t17-,18?/m0/s1. The first kappa shape index (κ1) is 33.0. The van der Waals surface area contributed by atoms with Gasteiger partial charge in [-0.2, -0.15) is 44.8 Å². The molecule has 2 amide bonds. The monoisotopic (exact) mass is 627 g/mol. The number of nitrogens with zero attached hydrogens (tertiary/aromatic N) is 6. The summed E-state index contributed by atoms with van der Waals surface area (Å²) in [7, 11) is 2.39. The van der Waals surface area contributed by atoms with Crippen molar-refractivity contribution in [2.75, 3.05) is 20.8 Å². The fourth-order valence-electron chi connectivity index (χ4n) is 4.09. The Balaban J connectivity index is 2.11. The number of imidazole rings is 1. The number of carbonyl (C=O) groups excluding carboxylic acids is 1. The van der Waals surface area contributed by atoms with E-state index in [0.29, 0.717) is 0 Å². The van der Waals surface area contributed by atoms with E-state index < -0.39 is 61.7 Å². The molecule has 43 heavy (non-hydrogen) atoms. The number of urea groups is 1. The number of rotatable bonds is 9. The number of carbonyl (C=O) groups is 1. The van der Waals surface area contributed by atoms with Gasteiger partial charge in [-0.05, 0) is 19.4 Å². The number of ether oxygens (including phenoxy) is 2. The van der Waals surface area contributed by atoms with Gasteiger partial charge in [0.25, 0.3) is 5.88 Å². The van der Waals surface area contributed by atoms with Gasteiger partial charge in [0.15, 0.2) is 6.04 Å². The molecule has 0 bridgehead atoms. The van der Waals surface area contributed by atoms with Crippen LogP contribution in [0.3, 0.4) is 0 Å². The Morgan fingerprint density at radius 3 is 2.26 bits per heavy atom. The van der Waals surface area contributed by atoms with E-state index in [1.807, 2.05) is 6.07 Å². The van der Waals surface area contributed by atoms with Gasteiger partial charge in [0, 0.05) is 24.7 Å². The molecule has 10 nitrogen and oxygen atoms in total. The predicted octanol–water partition coefficient (Wildman–Crippen LogP) is 5.59. The molecule has 1 N–H and O–H groups in total. The van der Waals surface area contributed by atoms with E-state index in [1.54, 1.807) is 0 Å². The van der Waals surface area contributed by atoms with Gasteiger partial charge >= 0.3 is 24.6 Å². The minimum absolute atomic E-state index is 0.0111. The molecule has 0 aromatic carbocycles. The smallest absolute Gasteiger partial charge is 0.414 e. The maximum absolute atomic E-state index is 14.4. The molecular weight excluding hydrogens is 605 g/mol. The molecule has 234 valence electrons. The molecule has 3 aromatic rings. The summed E-state index contributed by atoms with van der Waals surface area (Å²) in [5, 5.41) is 10.6. The number of hydrogen-bond donors (Lipinski definition) is 1. The van der Waals surface area contributed by atoms with E-state index in [2.05, 4.69) is 15.0 Å². The summed E-state index contributed by atoms with van der Waals surface area (Å²) in [4.78, 5) is 24.7. The van der Waals surface area contributed by atoms with Crippen LogP contribution in [0.4, 0.5) is 44.3 Å². The zero-order chi connectivity index (χ0) is 32.3. The zero-order valence-corrected chi connectivity index (χ0v) is 22.4. The minimum atomic E-state index is -5.39. The second-order valence-corrected chi connectivity index (χ2v) is 8.82. The van der Waals surface area contributed by atoms with Gasteiger partial charge in [0.05, 0.1) is 38.0 Å². The van der Waals surface area contributed by atoms with Crippen molar-refractivity contribution in [1.29, 1.82) is 5.26 Å². The summed E-state index contributed by atoms with van der Waals surface area (Å²) < 4.78 is 133. The Kier molecular flexibility index (Phi) is 9.51. The topological polar surface area (TPSA) is 118 Å². The largest absolute Gasteiger partial charge is 0.494 e. The first-order chi connectivity index (χ1) is 19.9. The van der Waals surface area contributed by atoms with Crippen molar-refractivity contribution in [1.82, 2.24) is 29.6 Å². The van der Waals surface area contributed by atoms with E-state index in [0.717, 1.165) is 19.2 Å². The molecule has 3 heterocycles. The van der Waals surface area contributed by atoms with Gasteiger partial charge in [0.2, 0.25) is 5.65 Å². The van der Waals surface area contributed by atoms with E-state index >= 15 is 0 Å². The molecule has 0 radical (unpaired) electrons. The lowest BCUT2D eigenvalue weighted by Crippen LogP contribution is -2.53. The van der Waals surface area contributed by atoms with Gasteiger partial charge in [-0.25, -0.2) is 14.8 Å². The predicted molar refractivity (Wildman–Crippen MR) is 129 cm³/mol. The van der Waals surface area contributed by atoms with Crippen LogP contribution in [-0.2, 0) is 0 Å². The SMILES string of the molecule is CCN(C(=O)N[C@@H](CCC(F)(F)F)C(F)(F)F)C(c1cc(-c2cn3c(C#N)cnc3c(OC)n2)c(OC)cn1)C(F)(F)F. The lowest BCUT2D eigenvalue weighted by atomic mass is 10.1. The molecule has 0 aliphatic rings. The van der Waals surface area contributed by atoms with Gasteiger partial charge in [0.1, 0.15) is 23.6 Å². The van der Waals surface area contributed by atoms with Gasteiger partial charge in [-0.15, -0.1) is 0 Å². The number of halogens is 9. The summed E-state index contributed by atoms with van der Waals surface area (Å²) in [6.07, 6.45) is -16.0. The number of alkyl halides is 9. The Morgan fingerprint density at radius 2 is 1.74 bits per heavy atom. The highest BCUT2D eigenvalue weighted by molar-refractivity contribution is 5.76. The van der Waals surface area contributed by atoms with E-state index in [-0.39, 0.29) is 39.1 Å². The molecule has 0 aliphatic carbocycles. The molecule has 0 saturated heterocycles. The third kappa shape index (κ3) is 7.48. The quantitative estimate of drug-likeness (QED) is 0.308. The fourth-order valence-corrected chi connectivity index (χ4v) is 4.09. The number of aromatic nitrogens is 4. The van der Waals surface area contributed by atoms with Crippen LogP contribution in [0.25, 0.3) is 16.9 Å². The number of nitriles is 1. The molecule has 2 atom stereocenters. The lowest BCUT2D eigenvalue weighted by molar-refractivity contribution is -0.182. The van der Waals surface area contributed by atoms with Crippen molar-refractivity contribution in [3.8, 4) is 29.0 Å². The Morgan fingerprint density at radius 1 is 1.07 bits per heavy atom. The number of amides is 2. The summed E-state index contributed by atoms with van der Waals surface area (Å²) in [6.45, 7) is 0.214. The van der Waals surface area contributed by atoms with Crippen LogP contribution >= 0.6 is 0 Å². The van der Waals surface area contributed by atoms with Crippen LogP contribution in [0.1, 0.15) is 37.2 Å².